The topological polar surface area (TPSA) is 35.5 Å². The Morgan fingerprint density at radius 2 is 1.38 bits per heavy atom. The van der Waals surface area contributed by atoms with Crippen LogP contribution >= 0.6 is 0 Å². The van der Waals surface area contributed by atoms with Crippen molar-refractivity contribution in [2.24, 2.45) is 0 Å². The van der Waals surface area contributed by atoms with Gasteiger partial charge in [-0.15, -0.1) is 0 Å². The van der Waals surface area contributed by atoms with Crippen LogP contribution in [0.2, 0.25) is 0 Å². The van der Waals surface area contributed by atoms with Crippen molar-refractivity contribution < 1.29 is 14.3 Å². The number of ketones is 1. The fourth-order valence-electron chi connectivity index (χ4n) is 3.59. The maximum absolute atomic E-state index is 11.9. The molecule has 0 N–H and O–H groups in total. The zero-order valence-corrected chi connectivity index (χ0v) is 17.4. The van der Waals surface area contributed by atoms with Crippen LogP contribution in [0, 0.1) is 0 Å². The van der Waals surface area contributed by atoms with Crippen LogP contribution in [-0.4, -0.2) is 25.3 Å². The Hall–Kier alpha value is -0.410. The fraction of sp³-hybridized carbons (Fsp3) is 0.957. The average Bonchev–Trinajstić information content (AvgIpc) is 2.67. The molecule has 1 rings (SSSR count). The van der Waals surface area contributed by atoms with Gasteiger partial charge in [-0.05, 0) is 38.5 Å². The SMILES string of the molecule is CCCCCCCCCC(=O)CCCCCCCCOC1CCCCO1. The van der Waals surface area contributed by atoms with E-state index in [0.29, 0.717) is 5.78 Å². The lowest BCUT2D eigenvalue weighted by Gasteiger charge is -2.22. The zero-order chi connectivity index (χ0) is 18.7. The van der Waals surface area contributed by atoms with E-state index in [1.54, 1.807) is 0 Å². The van der Waals surface area contributed by atoms with Crippen molar-refractivity contribution in [2.45, 2.75) is 129 Å². The van der Waals surface area contributed by atoms with Crippen molar-refractivity contribution in [1.82, 2.24) is 0 Å². The van der Waals surface area contributed by atoms with Crippen LogP contribution in [-0.2, 0) is 14.3 Å². The summed E-state index contributed by atoms with van der Waals surface area (Å²) in [4.78, 5) is 11.9. The summed E-state index contributed by atoms with van der Waals surface area (Å²) in [7, 11) is 0. The highest BCUT2D eigenvalue weighted by atomic mass is 16.7. The van der Waals surface area contributed by atoms with E-state index < -0.39 is 0 Å². The molecular formula is C23H44O3. The van der Waals surface area contributed by atoms with Gasteiger partial charge in [0.15, 0.2) is 6.29 Å². The predicted octanol–water partition coefficient (Wildman–Crippen LogP) is 6.97. The van der Waals surface area contributed by atoms with Crippen LogP contribution in [0.3, 0.4) is 0 Å². The quantitative estimate of drug-likeness (QED) is 0.245. The highest BCUT2D eigenvalue weighted by Crippen LogP contribution is 2.15. The number of ether oxygens (including phenoxy) is 2. The van der Waals surface area contributed by atoms with Crippen LogP contribution in [0.5, 0.6) is 0 Å². The van der Waals surface area contributed by atoms with Crippen LogP contribution in [0.25, 0.3) is 0 Å². The lowest BCUT2D eigenvalue weighted by molar-refractivity contribution is -0.162. The zero-order valence-electron chi connectivity index (χ0n) is 17.4. The standard InChI is InChI=1S/C23H44O3/c1-2-3-4-5-6-9-12-17-22(24)18-13-10-7-8-11-15-20-25-23-19-14-16-21-26-23/h23H,2-21H2,1H3. The number of Topliss-reactive ketones (excluding diaryl/α,β-unsaturated/α-hetero) is 1. The van der Waals surface area contributed by atoms with Crippen LogP contribution in [0.1, 0.15) is 122 Å². The summed E-state index contributed by atoms with van der Waals surface area (Å²) in [6.45, 7) is 3.95. The van der Waals surface area contributed by atoms with E-state index in [1.807, 2.05) is 0 Å². The second-order valence-corrected chi connectivity index (χ2v) is 7.95. The van der Waals surface area contributed by atoms with Gasteiger partial charge in [-0.3, -0.25) is 4.79 Å². The fourth-order valence-corrected chi connectivity index (χ4v) is 3.59. The van der Waals surface area contributed by atoms with E-state index in [-0.39, 0.29) is 6.29 Å². The van der Waals surface area contributed by atoms with Gasteiger partial charge in [0.2, 0.25) is 0 Å². The van der Waals surface area contributed by atoms with E-state index in [4.69, 9.17) is 9.47 Å². The second kappa shape index (κ2) is 18.0. The van der Waals surface area contributed by atoms with Gasteiger partial charge in [0.05, 0.1) is 0 Å². The Bertz CT molecular complexity index is 311. The molecule has 0 aliphatic carbocycles. The van der Waals surface area contributed by atoms with Crippen LogP contribution in [0.15, 0.2) is 0 Å². The first-order chi connectivity index (χ1) is 12.8. The van der Waals surface area contributed by atoms with Gasteiger partial charge in [-0.25, -0.2) is 0 Å². The molecule has 3 heteroatoms. The molecule has 26 heavy (non-hydrogen) atoms. The van der Waals surface area contributed by atoms with Gasteiger partial charge in [0, 0.05) is 26.1 Å². The molecule has 0 bridgehead atoms. The summed E-state index contributed by atoms with van der Waals surface area (Å²) in [6.07, 6.45) is 21.4. The maximum atomic E-state index is 11.9. The number of hydrogen-bond acceptors (Lipinski definition) is 3. The van der Waals surface area contributed by atoms with Gasteiger partial charge in [-0.2, -0.15) is 0 Å². The van der Waals surface area contributed by atoms with Gasteiger partial charge >= 0.3 is 0 Å². The molecule has 1 atom stereocenters. The molecule has 1 fully saturated rings. The van der Waals surface area contributed by atoms with Crippen LogP contribution < -0.4 is 0 Å². The molecule has 1 aliphatic heterocycles. The molecule has 3 nitrogen and oxygen atoms in total. The summed E-state index contributed by atoms with van der Waals surface area (Å²) in [6, 6.07) is 0. The van der Waals surface area contributed by atoms with Crippen LogP contribution in [0.4, 0.5) is 0 Å². The molecule has 0 radical (unpaired) electrons. The molecule has 1 aliphatic rings. The van der Waals surface area contributed by atoms with Crippen molar-refractivity contribution in [2.75, 3.05) is 13.2 Å². The Kier molecular flexibility index (Phi) is 16.3. The average molecular weight is 369 g/mol. The lowest BCUT2D eigenvalue weighted by Crippen LogP contribution is -2.22. The van der Waals surface area contributed by atoms with Crippen molar-refractivity contribution >= 4 is 5.78 Å². The first kappa shape index (κ1) is 23.6. The molecule has 1 saturated heterocycles. The van der Waals surface area contributed by atoms with E-state index in [0.717, 1.165) is 51.7 Å². The predicted molar refractivity (Wildman–Crippen MR) is 109 cm³/mol. The first-order valence-corrected chi connectivity index (χ1v) is 11.6. The van der Waals surface area contributed by atoms with E-state index >= 15 is 0 Å². The Morgan fingerprint density at radius 3 is 1.96 bits per heavy atom. The van der Waals surface area contributed by atoms with Crippen molar-refractivity contribution in [3.05, 3.63) is 0 Å². The lowest BCUT2D eigenvalue weighted by atomic mass is 10.0. The third kappa shape index (κ3) is 14.7. The van der Waals surface area contributed by atoms with Gasteiger partial charge < -0.3 is 9.47 Å². The minimum atomic E-state index is 0.0612. The summed E-state index contributed by atoms with van der Waals surface area (Å²) in [5.74, 6) is 0.486. The summed E-state index contributed by atoms with van der Waals surface area (Å²) in [5, 5.41) is 0. The molecule has 0 amide bonds. The van der Waals surface area contributed by atoms with Gasteiger partial charge in [-0.1, -0.05) is 71.1 Å². The van der Waals surface area contributed by atoms with Crippen molar-refractivity contribution in [1.29, 1.82) is 0 Å². The molecule has 0 aromatic rings. The minimum absolute atomic E-state index is 0.0612. The molecule has 0 spiro atoms. The van der Waals surface area contributed by atoms with E-state index in [9.17, 15) is 4.79 Å². The summed E-state index contributed by atoms with van der Waals surface area (Å²) < 4.78 is 11.3. The van der Waals surface area contributed by atoms with E-state index in [1.165, 1.54) is 77.0 Å². The Labute approximate surface area is 162 Å². The highest BCUT2D eigenvalue weighted by molar-refractivity contribution is 5.78. The van der Waals surface area contributed by atoms with Crippen molar-refractivity contribution in [3.8, 4) is 0 Å². The molecule has 1 heterocycles. The van der Waals surface area contributed by atoms with E-state index in [2.05, 4.69) is 6.92 Å². The third-order valence-corrected chi connectivity index (χ3v) is 5.35. The van der Waals surface area contributed by atoms with Crippen molar-refractivity contribution in [3.63, 3.8) is 0 Å². The van der Waals surface area contributed by atoms with Gasteiger partial charge in [0.1, 0.15) is 5.78 Å². The molecule has 1 unspecified atom stereocenters. The molecule has 0 aromatic heterocycles. The highest BCUT2D eigenvalue weighted by Gasteiger charge is 2.13. The second-order valence-electron chi connectivity index (χ2n) is 7.95. The molecule has 0 saturated carbocycles. The Balaban J connectivity index is 1.74. The number of carbonyl (C=O) groups excluding carboxylic acids is 1. The molecule has 154 valence electrons. The minimum Gasteiger partial charge on any atom is -0.353 e. The maximum Gasteiger partial charge on any atom is 0.157 e. The van der Waals surface area contributed by atoms with Gasteiger partial charge in [0.25, 0.3) is 0 Å². The number of rotatable bonds is 18. The third-order valence-electron chi connectivity index (χ3n) is 5.35. The normalized spacial score (nSPS) is 17.5. The number of carbonyl (C=O) groups is 1. The smallest absolute Gasteiger partial charge is 0.157 e. The number of unbranched alkanes of at least 4 members (excludes halogenated alkanes) is 11. The molecule has 0 aromatic carbocycles. The molecular weight excluding hydrogens is 324 g/mol. The number of hydrogen-bond donors (Lipinski definition) is 0. The Morgan fingerprint density at radius 1 is 0.808 bits per heavy atom. The summed E-state index contributed by atoms with van der Waals surface area (Å²) in [5.41, 5.74) is 0. The first-order valence-electron chi connectivity index (χ1n) is 11.6. The largest absolute Gasteiger partial charge is 0.353 e. The monoisotopic (exact) mass is 368 g/mol. The summed E-state index contributed by atoms with van der Waals surface area (Å²) >= 11 is 0.